The summed E-state index contributed by atoms with van der Waals surface area (Å²) in [5.41, 5.74) is 4.93. The summed E-state index contributed by atoms with van der Waals surface area (Å²) in [4.78, 5) is 0. The summed E-state index contributed by atoms with van der Waals surface area (Å²) in [7, 11) is 0. The van der Waals surface area contributed by atoms with E-state index in [4.69, 9.17) is 16.0 Å². The molecule has 3 rings (SSSR count). The van der Waals surface area contributed by atoms with Gasteiger partial charge in [-0.15, -0.1) is 10.2 Å². The van der Waals surface area contributed by atoms with Gasteiger partial charge in [-0.25, -0.2) is 0 Å². The van der Waals surface area contributed by atoms with Crippen LogP contribution in [-0.2, 0) is 12.2 Å². The molecule has 0 radical (unpaired) electrons. The first-order chi connectivity index (χ1) is 11.1. The van der Waals surface area contributed by atoms with Crippen molar-refractivity contribution in [3.63, 3.8) is 0 Å². The highest BCUT2D eigenvalue weighted by molar-refractivity contribution is 7.98. The molecule has 23 heavy (non-hydrogen) atoms. The molecule has 5 heteroatoms. The van der Waals surface area contributed by atoms with Gasteiger partial charge >= 0.3 is 0 Å². The third kappa shape index (κ3) is 4.36. The molecule has 0 aliphatic carbocycles. The summed E-state index contributed by atoms with van der Waals surface area (Å²) in [6, 6.07) is 14.2. The average molecular weight is 345 g/mol. The number of benzene rings is 2. The van der Waals surface area contributed by atoms with Crippen molar-refractivity contribution < 1.29 is 4.42 Å². The minimum atomic E-state index is 0.596. The topological polar surface area (TPSA) is 38.9 Å². The molecule has 3 aromatic rings. The first-order valence-electron chi connectivity index (χ1n) is 7.36. The minimum Gasteiger partial charge on any atom is -0.416 e. The van der Waals surface area contributed by atoms with Crippen LogP contribution in [0.25, 0.3) is 0 Å². The van der Waals surface area contributed by atoms with Gasteiger partial charge in [-0.3, -0.25) is 0 Å². The van der Waals surface area contributed by atoms with Crippen LogP contribution in [0.3, 0.4) is 0 Å². The largest absolute Gasteiger partial charge is 0.416 e. The molecule has 0 saturated carbocycles. The van der Waals surface area contributed by atoms with Crippen molar-refractivity contribution >= 4 is 23.4 Å². The fourth-order valence-corrected chi connectivity index (χ4v) is 3.04. The van der Waals surface area contributed by atoms with Crippen molar-refractivity contribution in [1.82, 2.24) is 10.2 Å². The monoisotopic (exact) mass is 344 g/mol. The molecule has 2 aromatic carbocycles. The second kappa shape index (κ2) is 7.20. The predicted molar refractivity (Wildman–Crippen MR) is 94.0 cm³/mol. The van der Waals surface area contributed by atoms with Crippen molar-refractivity contribution in [2.75, 3.05) is 0 Å². The lowest BCUT2D eigenvalue weighted by Gasteiger charge is -2.02. The number of hydrogen-bond acceptors (Lipinski definition) is 4. The predicted octanol–water partition coefficient (Wildman–Crippen LogP) is 5.22. The highest BCUT2D eigenvalue weighted by atomic mass is 35.5. The fourth-order valence-electron chi connectivity index (χ4n) is 2.18. The SMILES string of the molecule is Cc1ccc(Cc2nnc(SCc3ccc(Cl)cc3)o2)cc1C. The number of rotatable bonds is 5. The van der Waals surface area contributed by atoms with E-state index in [1.54, 1.807) is 0 Å². The first-order valence-corrected chi connectivity index (χ1v) is 8.72. The van der Waals surface area contributed by atoms with Gasteiger partial charge in [0, 0.05) is 10.8 Å². The number of aromatic nitrogens is 2. The van der Waals surface area contributed by atoms with Gasteiger partial charge in [0.05, 0.1) is 6.42 Å². The van der Waals surface area contributed by atoms with Gasteiger partial charge < -0.3 is 4.42 Å². The van der Waals surface area contributed by atoms with Gasteiger partial charge in [0.1, 0.15) is 0 Å². The van der Waals surface area contributed by atoms with Gasteiger partial charge in [-0.1, -0.05) is 53.7 Å². The second-order valence-electron chi connectivity index (χ2n) is 5.47. The van der Waals surface area contributed by atoms with Crippen LogP contribution < -0.4 is 0 Å². The lowest BCUT2D eigenvalue weighted by molar-refractivity contribution is 0.420. The van der Waals surface area contributed by atoms with Gasteiger partial charge in [-0.2, -0.15) is 0 Å². The van der Waals surface area contributed by atoms with E-state index in [9.17, 15) is 0 Å². The smallest absolute Gasteiger partial charge is 0.276 e. The third-order valence-electron chi connectivity index (χ3n) is 3.65. The Morgan fingerprint density at radius 1 is 0.957 bits per heavy atom. The van der Waals surface area contributed by atoms with Crippen LogP contribution in [0.15, 0.2) is 52.1 Å². The molecule has 0 fully saturated rings. The molecule has 1 heterocycles. The molecule has 118 valence electrons. The van der Waals surface area contributed by atoms with Crippen LogP contribution in [0, 0.1) is 13.8 Å². The molecular weight excluding hydrogens is 328 g/mol. The Morgan fingerprint density at radius 3 is 2.43 bits per heavy atom. The molecule has 0 amide bonds. The van der Waals surface area contributed by atoms with Crippen molar-refractivity contribution in [2.45, 2.75) is 31.2 Å². The number of nitrogens with zero attached hydrogens (tertiary/aromatic N) is 2. The number of hydrogen-bond donors (Lipinski definition) is 0. The minimum absolute atomic E-state index is 0.596. The van der Waals surface area contributed by atoms with Gasteiger partial charge in [0.25, 0.3) is 5.22 Å². The zero-order valence-corrected chi connectivity index (χ0v) is 14.6. The second-order valence-corrected chi connectivity index (χ2v) is 6.84. The molecule has 0 aliphatic heterocycles. The van der Waals surface area contributed by atoms with Gasteiger partial charge in [-0.05, 0) is 48.2 Å². The van der Waals surface area contributed by atoms with Gasteiger partial charge in [0.15, 0.2) is 0 Å². The van der Waals surface area contributed by atoms with E-state index in [0.717, 1.165) is 10.8 Å². The molecule has 0 spiro atoms. The summed E-state index contributed by atoms with van der Waals surface area (Å²) >= 11 is 7.42. The standard InChI is InChI=1S/C18H17ClN2OS/c1-12-3-4-15(9-13(12)2)10-17-20-21-18(22-17)23-11-14-5-7-16(19)8-6-14/h3-9H,10-11H2,1-2H3. The average Bonchev–Trinajstić information content (AvgIpc) is 2.98. The summed E-state index contributed by atoms with van der Waals surface area (Å²) in [6.07, 6.45) is 0.662. The Labute approximate surface area is 145 Å². The van der Waals surface area contributed by atoms with Crippen molar-refractivity contribution in [2.24, 2.45) is 0 Å². The Bertz CT molecular complexity index is 799. The summed E-state index contributed by atoms with van der Waals surface area (Å²) in [5, 5.41) is 9.58. The highest BCUT2D eigenvalue weighted by Gasteiger charge is 2.08. The Morgan fingerprint density at radius 2 is 1.70 bits per heavy atom. The van der Waals surface area contributed by atoms with Crippen LogP contribution in [-0.4, -0.2) is 10.2 Å². The maximum atomic E-state index is 5.88. The van der Waals surface area contributed by atoms with E-state index in [0.29, 0.717) is 17.5 Å². The zero-order valence-electron chi connectivity index (χ0n) is 13.0. The summed E-state index contributed by atoms with van der Waals surface area (Å²) < 4.78 is 5.72. The van der Waals surface area contributed by atoms with Crippen LogP contribution in [0.4, 0.5) is 0 Å². The van der Waals surface area contributed by atoms with Crippen LogP contribution in [0.1, 0.15) is 28.1 Å². The van der Waals surface area contributed by atoms with E-state index < -0.39 is 0 Å². The maximum absolute atomic E-state index is 5.88. The molecule has 0 unspecified atom stereocenters. The molecule has 0 aliphatic rings. The Hall–Kier alpha value is -1.78. The Balaban J connectivity index is 1.61. The third-order valence-corrected chi connectivity index (χ3v) is 4.79. The van der Waals surface area contributed by atoms with E-state index in [-0.39, 0.29) is 0 Å². The van der Waals surface area contributed by atoms with Gasteiger partial charge in [0.2, 0.25) is 5.89 Å². The molecule has 1 aromatic heterocycles. The van der Waals surface area contributed by atoms with E-state index in [1.807, 2.05) is 24.3 Å². The van der Waals surface area contributed by atoms with E-state index in [2.05, 4.69) is 42.2 Å². The van der Waals surface area contributed by atoms with Crippen LogP contribution in [0.5, 0.6) is 0 Å². The lowest BCUT2D eigenvalue weighted by Crippen LogP contribution is -1.90. The zero-order chi connectivity index (χ0) is 16.2. The van der Waals surface area contributed by atoms with Crippen molar-refractivity contribution in [3.8, 4) is 0 Å². The van der Waals surface area contributed by atoms with Crippen molar-refractivity contribution in [1.29, 1.82) is 0 Å². The van der Waals surface area contributed by atoms with Crippen molar-refractivity contribution in [3.05, 3.63) is 75.6 Å². The molecular formula is C18H17ClN2OS. The molecule has 3 nitrogen and oxygen atoms in total. The van der Waals surface area contributed by atoms with Crippen LogP contribution >= 0.6 is 23.4 Å². The number of aryl methyl sites for hydroxylation is 2. The number of thioether (sulfide) groups is 1. The quantitative estimate of drug-likeness (QED) is 0.594. The van der Waals surface area contributed by atoms with E-state index >= 15 is 0 Å². The molecule has 0 atom stereocenters. The van der Waals surface area contributed by atoms with Crippen LogP contribution in [0.2, 0.25) is 5.02 Å². The fraction of sp³-hybridized carbons (Fsp3) is 0.222. The highest BCUT2D eigenvalue weighted by Crippen LogP contribution is 2.23. The first kappa shape index (κ1) is 16.1. The maximum Gasteiger partial charge on any atom is 0.276 e. The molecule has 0 saturated heterocycles. The van der Waals surface area contributed by atoms with E-state index in [1.165, 1.54) is 34.0 Å². The molecule has 0 N–H and O–H groups in total. The number of halogens is 1. The normalized spacial score (nSPS) is 10.9. The summed E-state index contributed by atoms with van der Waals surface area (Å²) in [6.45, 7) is 4.22. The summed E-state index contributed by atoms with van der Waals surface area (Å²) in [5.74, 6) is 1.43. The lowest BCUT2D eigenvalue weighted by atomic mass is 10.0. The Kier molecular flexibility index (Phi) is 5.03. The molecule has 0 bridgehead atoms.